The summed E-state index contributed by atoms with van der Waals surface area (Å²) in [5.74, 6) is -0.566. The van der Waals surface area contributed by atoms with E-state index in [4.69, 9.17) is 4.74 Å². The van der Waals surface area contributed by atoms with Crippen LogP contribution in [0.3, 0.4) is 0 Å². The van der Waals surface area contributed by atoms with Gasteiger partial charge in [0.15, 0.2) is 5.65 Å². The summed E-state index contributed by atoms with van der Waals surface area (Å²) in [6.07, 6.45) is 1.29. The number of benzene rings is 1. The van der Waals surface area contributed by atoms with E-state index < -0.39 is 15.8 Å². The SMILES string of the molecule is COc1cc(F)c2ccn(S(=O)(=O)c3ccc(C)cc3)c2n1. The van der Waals surface area contributed by atoms with Crippen LogP contribution < -0.4 is 4.74 Å². The van der Waals surface area contributed by atoms with Crippen molar-refractivity contribution in [2.24, 2.45) is 0 Å². The fourth-order valence-corrected chi connectivity index (χ4v) is 3.44. The lowest BCUT2D eigenvalue weighted by molar-refractivity contribution is 0.396. The van der Waals surface area contributed by atoms with Crippen LogP contribution in [0, 0.1) is 12.7 Å². The van der Waals surface area contributed by atoms with E-state index in [0.29, 0.717) is 0 Å². The molecular weight excluding hydrogens is 307 g/mol. The molecule has 114 valence electrons. The van der Waals surface area contributed by atoms with E-state index in [1.54, 1.807) is 12.1 Å². The third-order valence-corrected chi connectivity index (χ3v) is 5.02. The van der Waals surface area contributed by atoms with Crippen LogP contribution in [0.5, 0.6) is 5.88 Å². The van der Waals surface area contributed by atoms with Gasteiger partial charge in [-0.2, -0.15) is 4.98 Å². The zero-order chi connectivity index (χ0) is 15.9. The van der Waals surface area contributed by atoms with Crippen LogP contribution in [0.4, 0.5) is 4.39 Å². The first-order chi connectivity index (χ1) is 10.4. The van der Waals surface area contributed by atoms with Gasteiger partial charge in [0.25, 0.3) is 10.0 Å². The number of pyridine rings is 1. The number of aryl methyl sites for hydroxylation is 1. The molecular formula is C15H13FN2O3S. The fraction of sp³-hybridized carbons (Fsp3) is 0.133. The molecule has 0 aliphatic heterocycles. The normalized spacial score (nSPS) is 11.8. The van der Waals surface area contributed by atoms with Gasteiger partial charge in [0.2, 0.25) is 5.88 Å². The number of aromatic nitrogens is 2. The topological polar surface area (TPSA) is 61.2 Å². The number of hydrogen-bond acceptors (Lipinski definition) is 4. The van der Waals surface area contributed by atoms with Crippen LogP contribution in [0.15, 0.2) is 47.5 Å². The second-order valence-corrected chi connectivity index (χ2v) is 6.63. The molecule has 0 N–H and O–H groups in total. The lowest BCUT2D eigenvalue weighted by atomic mass is 10.2. The highest BCUT2D eigenvalue weighted by Crippen LogP contribution is 2.25. The van der Waals surface area contributed by atoms with Crippen LogP contribution in [-0.4, -0.2) is 24.5 Å². The molecule has 0 bridgehead atoms. The van der Waals surface area contributed by atoms with Gasteiger partial charge < -0.3 is 4.74 Å². The van der Waals surface area contributed by atoms with Gasteiger partial charge in [0.1, 0.15) is 5.82 Å². The van der Waals surface area contributed by atoms with Crippen molar-refractivity contribution in [2.75, 3.05) is 7.11 Å². The minimum Gasteiger partial charge on any atom is -0.481 e. The fourth-order valence-electron chi connectivity index (χ4n) is 2.15. The lowest BCUT2D eigenvalue weighted by Crippen LogP contribution is -2.12. The standard InChI is InChI=1S/C15H13FN2O3S/c1-10-3-5-11(6-4-10)22(19,20)18-8-7-12-13(16)9-14(21-2)17-15(12)18/h3-9H,1-2H3. The molecule has 0 saturated heterocycles. The summed E-state index contributed by atoms with van der Waals surface area (Å²) in [6, 6.07) is 8.91. The molecule has 0 saturated carbocycles. The summed E-state index contributed by atoms with van der Waals surface area (Å²) < 4.78 is 45.2. The van der Waals surface area contributed by atoms with Gasteiger partial charge in [-0.3, -0.25) is 0 Å². The Bertz CT molecular complexity index is 947. The predicted molar refractivity (Wildman–Crippen MR) is 80.0 cm³/mol. The molecule has 0 aliphatic carbocycles. The van der Waals surface area contributed by atoms with Gasteiger partial charge >= 0.3 is 0 Å². The van der Waals surface area contributed by atoms with E-state index in [1.165, 1.54) is 31.5 Å². The van der Waals surface area contributed by atoms with Crippen molar-refractivity contribution >= 4 is 21.1 Å². The summed E-state index contributed by atoms with van der Waals surface area (Å²) in [5, 5.41) is 0.122. The Morgan fingerprint density at radius 3 is 2.50 bits per heavy atom. The minimum atomic E-state index is -3.85. The van der Waals surface area contributed by atoms with E-state index in [2.05, 4.69) is 4.98 Å². The quantitative estimate of drug-likeness (QED) is 0.744. The van der Waals surface area contributed by atoms with Crippen molar-refractivity contribution in [1.82, 2.24) is 8.96 Å². The number of ether oxygens (including phenoxy) is 1. The van der Waals surface area contributed by atoms with Crippen molar-refractivity contribution < 1.29 is 17.5 Å². The zero-order valence-electron chi connectivity index (χ0n) is 11.9. The van der Waals surface area contributed by atoms with Crippen LogP contribution >= 0.6 is 0 Å². The molecule has 7 heteroatoms. The van der Waals surface area contributed by atoms with E-state index >= 15 is 0 Å². The third kappa shape index (κ3) is 2.23. The monoisotopic (exact) mass is 320 g/mol. The largest absolute Gasteiger partial charge is 0.481 e. The van der Waals surface area contributed by atoms with E-state index in [9.17, 15) is 12.8 Å². The number of rotatable bonds is 3. The van der Waals surface area contributed by atoms with Crippen LogP contribution in [-0.2, 0) is 10.0 Å². The van der Waals surface area contributed by atoms with Gasteiger partial charge in [0.05, 0.1) is 17.4 Å². The molecule has 0 aliphatic rings. The van der Waals surface area contributed by atoms with Crippen molar-refractivity contribution in [3.05, 3.63) is 54.0 Å². The molecule has 3 rings (SSSR count). The molecule has 0 unspecified atom stereocenters. The molecule has 3 aromatic rings. The smallest absolute Gasteiger partial charge is 0.269 e. The second kappa shape index (κ2) is 5.10. The summed E-state index contributed by atoms with van der Waals surface area (Å²) >= 11 is 0. The molecule has 2 heterocycles. The first-order valence-corrected chi connectivity index (χ1v) is 7.91. The maximum absolute atomic E-state index is 14.0. The molecule has 22 heavy (non-hydrogen) atoms. The molecule has 0 atom stereocenters. The summed E-state index contributed by atoms with van der Waals surface area (Å²) in [5.41, 5.74) is 0.944. The van der Waals surface area contributed by atoms with Crippen molar-refractivity contribution in [2.45, 2.75) is 11.8 Å². The molecule has 2 aromatic heterocycles. The Hall–Kier alpha value is -2.41. The second-order valence-electron chi connectivity index (χ2n) is 4.81. The van der Waals surface area contributed by atoms with Crippen molar-refractivity contribution in [3.8, 4) is 5.88 Å². The maximum Gasteiger partial charge on any atom is 0.269 e. The lowest BCUT2D eigenvalue weighted by Gasteiger charge is -2.08. The average Bonchev–Trinajstić information content (AvgIpc) is 2.92. The Kier molecular flexibility index (Phi) is 3.37. The van der Waals surface area contributed by atoms with E-state index in [-0.39, 0.29) is 21.8 Å². The maximum atomic E-state index is 14.0. The summed E-state index contributed by atoms with van der Waals surface area (Å²) in [7, 11) is -2.51. The number of halogens is 1. The van der Waals surface area contributed by atoms with Crippen molar-refractivity contribution in [3.63, 3.8) is 0 Å². The highest BCUT2D eigenvalue weighted by atomic mass is 32.2. The van der Waals surface area contributed by atoms with Gasteiger partial charge in [-0.25, -0.2) is 16.8 Å². The molecule has 0 fully saturated rings. The average molecular weight is 320 g/mol. The number of nitrogens with zero attached hydrogens (tertiary/aromatic N) is 2. The molecule has 1 aromatic carbocycles. The predicted octanol–water partition coefficient (Wildman–Crippen LogP) is 2.73. The van der Waals surface area contributed by atoms with Crippen molar-refractivity contribution in [1.29, 1.82) is 0 Å². The van der Waals surface area contributed by atoms with Crippen LogP contribution in [0.2, 0.25) is 0 Å². The third-order valence-electron chi connectivity index (χ3n) is 3.34. The number of methoxy groups -OCH3 is 1. The summed E-state index contributed by atoms with van der Waals surface area (Å²) in [4.78, 5) is 4.16. The first kappa shape index (κ1) is 14.5. The number of fused-ring (bicyclic) bond motifs is 1. The van der Waals surface area contributed by atoms with E-state index in [0.717, 1.165) is 15.6 Å². The molecule has 0 amide bonds. The minimum absolute atomic E-state index is 0.00238. The highest BCUT2D eigenvalue weighted by molar-refractivity contribution is 7.90. The summed E-state index contributed by atoms with van der Waals surface area (Å²) in [6.45, 7) is 1.86. The first-order valence-electron chi connectivity index (χ1n) is 6.47. The van der Waals surface area contributed by atoms with E-state index in [1.807, 2.05) is 6.92 Å². The molecule has 0 radical (unpaired) electrons. The molecule has 5 nitrogen and oxygen atoms in total. The highest BCUT2D eigenvalue weighted by Gasteiger charge is 2.21. The van der Waals surface area contributed by atoms with Gasteiger partial charge in [-0.15, -0.1) is 0 Å². The zero-order valence-corrected chi connectivity index (χ0v) is 12.8. The molecule has 0 spiro atoms. The Labute approximate surface area is 127 Å². The van der Waals surface area contributed by atoms with Gasteiger partial charge in [-0.1, -0.05) is 17.7 Å². The number of hydrogen-bond donors (Lipinski definition) is 0. The Morgan fingerprint density at radius 1 is 1.18 bits per heavy atom. The Balaban J connectivity index is 2.25. The van der Waals surface area contributed by atoms with Crippen LogP contribution in [0.25, 0.3) is 11.0 Å². The van der Waals surface area contributed by atoms with Gasteiger partial charge in [-0.05, 0) is 25.1 Å². The van der Waals surface area contributed by atoms with Crippen LogP contribution in [0.1, 0.15) is 5.56 Å². The Morgan fingerprint density at radius 2 is 1.86 bits per heavy atom. The van der Waals surface area contributed by atoms with Gasteiger partial charge in [0, 0.05) is 12.3 Å².